The maximum absolute atomic E-state index is 9.89. The maximum atomic E-state index is 9.89. The van der Waals surface area contributed by atoms with E-state index in [9.17, 15) is 19.8 Å². The summed E-state index contributed by atoms with van der Waals surface area (Å²) in [7, 11) is 0. The Labute approximate surface area is 126 Å². The summed E-state index contributed by atoms with van der Waals surface area (Å²) >= 11 is 0. The zero-order valence-electron chi connectivity index (χ0n) is 10.5. The molecule has 1 N–H and O–H groups in total. The van der Waals surface area contributed by atoms with Gasteiger partial charge in [0.25, 0.3) is 0 Å². The van der Waals surface area contributed by atoms with Gasteiger partial charge in [-0.1, -0.05) is 38.5 Å². The molecule has 0 aromatic rings. The zero-order chi connectivity index (χ0) is 12.0. The van der Waals surface area contributed by atoms with Gasteiger partial charge in [0.2, 0.25) is 0 Å². The number of aliphatic carboxylic acids is 2. The minimum atomic E-state index is -0.894. The van der Waals surface area contributed by atoms with Crippen molar-refractivity contribution in [3.8, 4) is 0 Å². The molecule has 2 fully saturated rings. The van der Waals surface area contributed by atoms with Crippen molar-refractivity contribution in [3.63, 3.8) is 0 Å². The number of carboxylic acid groups (broad SMARTS) is 2. The van der Waals surface area contributed by atoms with Gasteiger partial charge in [0.1, 0.15) is 0 Å². The fourth-order valence-corrected chi connectivity index (χ4v) is 1.87. The van der Waals surface area contributed by atoms with Crippen LogP contribution < -0.4 is 10.2 Å². The molecule has 0 aromatic heterocycles. The molecule has 100 valence electrons. The van der Waals surface area contributed by atoms with E-state index in [0.29, 0.717) is 11.8 Å². The molecule has 0 amide bonds. The number of hydrogen-bond acceptors (Lipinski definition) is 5. The zero-order valence-corrected chi connectivity index (χ0v) is 13.8. The van der Waals surface area contributed by atoms with Crippen molar-refractivity contribution >= 4 is 37.8 Å². The Morgan fingerprint density at radius 1 is 0.833 bits per heavy atom. The van der Waals surface area contributed by atoms with Gasteiger partial charge in [-0.3, -0.25) is 0 Å². The van der Waals surface area contributed by atoms with E-state index in [2.05, 4.69) is 0 Å². The first-order chi connectivity index (χ1) is 7.58. The third kappa shape index (κ3) is 8.80. The van der Waals surface area contributed by atoms with Crippen LogP contribution in [0.4, 0.5) is 0 Å². The van der Waals surface area contributed by atoms with Crippen molar-refractivity contribution in [2.75, 3.05) is 0 Å². The molecule has 0 aliphatic heterocycles. The van der Waals surface area contributed by atoms with Gasteiger partial charge in [-0.25, -0.2) is 0 Å². The first-order valence-corrected chi connectivity index (χ1v) is 5.97. The Bertz CT molecular complexity index is 223. The van der Waals surface area contributed by atoms with E-state index in [-0.39, 0.29) is 44.2 Å². The first-order valence-electron chi connectivity index (χ1n) is 5.97. The third-order valence-corrected chi connectivity index (χ3v) is 3.36. The fraction of sp³-hybridized carbons (Fsp3) is 0.833. The molecule has 0 spiro atoms. The summed E-state index contributed by atoms with van der Waals surface area (Å²) in [5.41, 5.74) is 0. The second-order valence-electron chi connectivity index (χ2n) is 4.75. The number of hydrogen-bond donors (Lipinski definition) is 0. The minimum absolute atomic E-state index is 0. The molecule has 0 atom stereocenters. The molecule has 18 heavy (non-hydrogen) atoms. The molecule has 0 saturated heterocycles. The Morgan fingerprint density at radius 2 is 1.11 bits per heavy atom. The Morgan fingerprint density at radius 3 is 1.17 bits per heavy atom. The van der Waals surface area contributed by atoms with Gasteiger partial charge < -0.3 is 25.3 Å². The molecule has 2 aliphatic carbocycles. The third-order valence-electron chi connectivity index (χ3n) is 3.36. The monoisotopic (exact) mass is 358 g/mol. The summed E-state index contributed by atoms with van der Waals surface area (Å²) in [5.74, 6) is -0.899. The van der Waals surface area contributed by atoms with Gasteiger partial charge in [-0.05, 0) is 24.7 Å². The number of carboxylic acids is 2. The summed E-state index contributed by atoms with van der Waals surface area (Å²) in [4.78, 5) is 19.8. The molecule has 5 nitrogen and oxygen atoms in total. The van der Waals surface area contributed by atoms with Gasteiger partial charge in [-0.2, -0.15) is 0 Å². The normalized spacial score (nSPS) is 17.8. The van der Waals surface area contributed by atoms with Crippen LogP contribution in [-0.2, 0) is 9.59 Å². The van der Waals surface area contributed by atoms with Crippen molar-refractivity contribution in [2.24, 2.45) is 11.8 Å². The topological polar surface area (TPSA) is 110 Å². The first kappa shape index (κ1) is 20.1. The van der Waals surface area contributed by atoms with Crippen molar-refractivity contribution < 1.29 is 25.3 Å². The van der Waals surface area contributed by atoms with Gasteiger partial charge in [0.15, 0.2) is 0 Å². The Kier molecular flexibility index (Phi) is 11.9. The smallest absolute Gasteiger partial charge is 0.870 e. The summed E-state index contributed by atoms with van der Waals surface area (Å²) < 4.78 is 0. The summed E-state index contributed by atoms with van der Waals surface area (Å²) in [5, 5.41) is 19.8. The average molecular weight is 358 g/mol. The molecular formula is C12H19InO5. The summed E-state index contributed by atoms with van der Waals surface area (Å²) in [6.45, 7) is 0. The van der Waals surface area contributed by atoms with E-state index in [1.165, 1.54) is 12.8 Å². The van der Waals surface area contributed by atoms with Gasteiger partial charge in [0, 0.05) is 11.9 Å². The minimum Gasteiger partial charge on any atom is -0.870 e. The van der Waals surface area contributed by atoms with Crippen LogP contribution in [0.1, 0.15) is 51.4 Å². The van der Waals surface area contributed by atoms with Crippen molar-refractivity contribution in [1.82, 2.24) is 0 Å². The molecular weight excluding hydrogens is 339 g/mol. The molecule has 0 aromatic carbocycles. The van der Waals surface area contributed by atoms with Crippen LogP contribution in [0.5, 0.6) is 0 Å². The van der Waals surface area contributed by atoms with E-state index in [4.69, 9.17) is 0 Å². The van der Waals surface area contributed by atoms with Crippen molar-refractivity contribution in [2.45, 2.75) is 51.4 Å². The van der Waals surface area contributed by atoms with Gasteiger partial charge in [-0.15, -0.1) is 0 Å². The Balaban J connectivity index is 0. The molecule has 0 heterocycles. The molecule has 6 heteroatoms. The van der Waals surface area contributed by atoms with E-state index in [1.807, 2.05) is 0 Å². The maximum Gasteiger partial charge on any atom is 3.00 e. The number of rotatable bonds is 4. The van der Waals surface area contributed by atoms with Crippen LogP contribution in [0.3, 0.4) is 0 Å². The summed E-state index contributed by atoms with van der Waals surface area (Å²) in [6.07, 6.45) is 7.33. The predicted octanol–water partition coefficient (Wildman–Crippen LogP) is -0.705. The van der Waals surface area contributed by atoms with Crippen LogP contribution >= 0.6 is 0 Å². The van der Waals surface area contributed by atoms with Crippen LogP contribution in [-0.4, -0.2) is 43.3 Å². The number of carbonyl (C=O) groups excluding carboxylic acids is 2. The molecule has 0 bridgehead atoms. The SMILES string of the molecule is O=C([O-])CC1CCC1.O=C([O-])CC1CCC1.[In+3].[OH-]. The van der Waals surface area contributed by atoms with Gasteiger partial charge >= 0.3 is 25.8 Å². The Hall–Kier alpha value is -0.230. The molecule has 2 rings (SSSR count). The van der Waals surface area contributed by atoms with Crippen LogP contribution in [0.15, 0.2) is 0 Å². The molecule has 2 aliphatic rings. The molecule has 2 saturated carbocycles. The van der Waals surface area contributed by atoms with Crippen LogP contribution in [0.2, 0.25) is 0 Å². The summed E-state index contributed by atoms with van der Waals surface area (Å²) in [6, 6.07) is 0. The van der Waals surface area contributed by atoms with E-state index < -0.39 is 11.9 Å². The number of carbonyl (C=O) groups is 2. The van der Waals surface area contributed by atoms with E-state index in [0.717, 1.165) is 25.7 Å². The fourth-order valence-electron chi connectivity index (χ4n) is 1.87. The van der Waals surface area contributed by atoms with Gasteiger partial charge in [0.05, 0.1) is 0 Å². The van der Waals surface area contributed by atoms with E-state index in [1.54, 1.807) is 0 Å². The van der Waals surface area contributed by atoms with Crippen LogP contribution in [0.25, 0.3) is 0 Å². The second-order valence-corrected chi connectivity index (χ2v) is 4.75. The second kappa shape index (κ2) is 10.7. The molecule has 0 unspecified atom stereocenters. The average Bonchev–Trinajstić information content (AvgIpc) is 2.05. The predicted molar refractivity (Wildman–Crippen MR) is 61.6 cm³/mol. The van der Waals surface area contributed by atoms with Crippen molar-refractivity contribution in [1.29, 1.82) is 0 Å². The standard InChI is InChI=1S/2C6H10O2.In.H2O/c2*7-6(8)4-5-2-1-3-5;;/h2*5H,1-4H2,(H,7,8);;1H2/q;;+3;/p-3. The van der Waals surface area contributed by atoms with E-state index >= 15 is 0 Å². The molecule has 0 radical (unpaired) electrons. The quantitative estimate of drug-likeness (QED) is 0.660. The van der Waals surface area contributed by atoms with Crippen molar-refractivity contribution in [3.05, 3.63) is 0 Å². The van der Waals surface area contributed by atoms with Crippen LogP contribution in [0, 0.1) is 11.8 Å². The largest absolute Gasteiger partial charge is 3.00 e.